The van der Waals surface area contributed by atoms with Crippen LogP contribution in [0.2, 0.25) is 0 Å². The Labute approximate surface area is 69.3 Å². The van der Waals surface area contributed by atoms with Gasteiger partial charge in [0, 0.05) is 12.7 Å². The lowest BCUT2D eigenvalue weighted by Gasteiger charge is -2.02. The molecular formula is C7H10N2O3. The Hall–Kier alpha value is -1.36. The number of carbonyl (C=O) groups is 1. The van der Waals surface area contributed by atoms with Crippen LogP contribution in [0.15, 0.2) is 12.5 Å². The molecule has 0 spiro atoms. The Kier molecular flexibility index (Phi) is 2.44. The third kappa shape index (κ3) is 2.06. The minimum atomic E-state index is -1.06. The van der Waals surface area contributed by atoms with Crippen LogP contribution in [0.5, 0.6) is 0 Å². The minimum Gasteiger partial charge on any atom is -0.476 e. The largest absolute Gasteiger partial charge is 0.476 e. The SMILES string of the molecule is C[C@H](O)Cn1cnc(C(=O)O)c1. The van der Waals surface area contributed by atoms with Crippen LogP contribution in [0.4, 0.5) is 0 Å². The molecule has 1 aromatic rings. The van der Waals surface area contributed by atoms with Crippen LogP contribution in [0.1, 0.15) is 17.4 Å². The fraction of sp³-hybridized carbons (Fsp3) is 0.429. The maximum atomic E-state index is 10.4. The minimum absolute atomic E-state index is 0.00403. The lowest BCUT2D eigenvalue weighted by molar-refractivity contribution is 0.0690. The molecule has 12 heavy (non-hydrogen) atoms. The van der Waals surface area contributed by atoms with E-state index in [4.69, 9.17) is 10.2 Å². The molecule has 0 aliphatic rings. The van der Waals surface area contributed by atoms with Crippen molar-refractivity contribution < 1.29 is 15.0 Å². The van der Waals surface area contributed by atoms with Gasteiger partial charge in [-0.05, 0) is 6.92 Å². The van der Waals surface area contributed by atoms with Crippen LogP contribution in [-0.4, -0.2) is 31.8 Å². The molecule has 0 radical (unpaired) electrons. The Morgan fingerprint density at radius 3 is 2.92 bits per heavy atom. The van der Waals surface area contributed by atoms with Crippen molar-refractivity contribution in [1.29, 1.82) is 0 Å². The Morgan fingerprint density at radius 2 is 2.50 bits per heavy atom. The number of carboxylic acids is 1. The van der Waals surface area contributed by atoms with Crippen molar-refractivity contribution in [2.24, 2.45) is 0 Å². The van der Waals surface area contributed by atoms with Crippen molar-refractivity contribution in [2.75, 3.05) is 0 Å². The molecule has 66 valence electrons. The highest BCUT2D eigenvalue weighted by molar-refractivity contribution is 5.84. The van der Waals surface area contributed by atoms with Crippen LogP contribution in [0, 0.1) is 0 Å². The van der Waals surface area contributed by atoms with Crippen LogP contribution in [-0.2, 0) is 6.54 Å². The van der Waals surface area contributed by atoms with Gasteiger partial charge in [-0.1, -0.05) is 0 Å². The molecule has 1 atom stereocenters. The summed E-state index contributed by atoms with van der Waals surface area (Å²) >= 11 is 0. The molecule has 1 aromatic heterocycles. The van der Waals surface area contributed by atoms with E-state index in [0.29, 0.717) is 6.54 Å². The molecule has 0 fully saturated rings. The molecule has 0 aliphatic carbocycles. The lowest BCUT2D eigenvalue weighted by atomic mass is 10.4. The number of carboxylic acid groups (broad SMARTS) is 1. The fourth-order valence-electron chi connectivity index (χ4n) is 0.875. The zero-order chi connectivity index (χ0) is 9.14. The molecule has 0 unspecified atom stereocenters. The van der Waals surface area contributed by atoms with E-state index in [0.717, 1.165) is 0 Å². The first kappa shape index (κ1) is 8.73. The van der Waals surface area contributed by atoms with Gasteiger partial charge in [-0.3, -0.25) is 0 Å². The number of aliphatic hydroxyl groups is 1. The summed E-state index contributed by atoms with van der Waals surface area (Å²) in [7, 11) is 0. The number of aromatic carboxylic acids is 1. The highest BCUT2D eigenvalue weighted by atomic mass is 16.4. The Morgan fingerprint density at radius 1 is 1.83 bits per heavy atom. The summed E-state index contributed by atoms with van der Waals surface area (Å²) in [6.07, 6.45) is 2.27. The molecule has 0 saturated carbocycles. The van der Waals surface area contributed by atoms with E-state index in [9.17, 15) is 4.79 Å². The van der Waals surface area contributed by atoms with Gasteiger partial charge in [0.05, 0.1) is 12.4 Å². The quantitative estimate of drug-likeness (QED) is 0.667. The van der Waals surface area contributed by atoms with Gasteiger partial charge in [-0.25, -0.2) is 9.78 Å². The van der Waals surface area contributed by atoms with Crippen LogP contribution < -0.4 is 0 Å². The van der Waals surface area contributed by atoms with Crippen molar-refractivity contribution >= 4 is 5.97 Å². The maximum Gasteiger partial charge on any atom is 0.356 e. The predicted octanol–water partition coefficient (Wildman–Crippen LogP) is -0.0379. The van der Waals surface area contributed by atoms with Gasteiger partial charge in [0.15, 0.2) is 5.69 Å². The van der Waals surface area contributed by atoms with E-state index in [2.05, 4.69) is 4.98 Å². The number of rotatable bonds is 3. The van der Waals surface area contributed by atoms with Gasteiger partial charge in [-0.15, -0.1) is 0 Å². The molecule has 0 amide bonds. The summed E-state index contributed by atoms with van der Waals surface area (Å²) in [5.74, 6) is -1.06. The summed E-state index contributed by atoms with van der Waals surface area (Å²) in [4.78, 5) is 14.0. The summed E-state index contributed by atoms with van der Waals surface area (Å²) in [5.41, 5.74) is -0.00403. The summed E-state index contributed by atoms with van der Waals surface area (Å²) in [6, 6.07) is 0. The van der Waals surface area contributed by atoms with Crippen LogP contribution in [0.25, 0.3) is 0 Å². The van der Waals surface area contributed by atoms with Gasteiger partial charge in [0.1, 0.15) is 0 Å². The highest BCUT2D eigenvalue weighted by Crippen LogP contribution is 1.97. The summed E-state index contributed by atoms with van der Waals surface area (Å²) < 4.78 is 1.54. The predicted molar refractivity (Wildman–Crippen MR) is 40.9 cm³/mol. The van der Waals surface area contributed by atoms with E-state index in [1.807, 2.05) is 0 Å². The molecule has 0 aliphatic heterocycles. The van der Waals surface area contributed by atoms with Crippen molar-refractivity contribution in [3.63, 3.8) is 0 Å². The molecular weight excluding hydrogens is 160 g/mol. The van der Waals surface area contributed by atoms with E-state index >= 15 is 0 Å². The second kappa shape index (κ2) is 3.36. The number of hydrogen-bond acceptors (Lipinski definition) is 3. The second-order valence-electron chi connectivity index (χ2n) is 2.61. The molecule has 5 nitrogen and oxygen atoms in total. The van der Waals surface area contributed by atoms with Crippen LogP contribution >= 0.6 is 0 Å². The van der Waals surface area contributed by atoms with Gasteiger partial charge >= 0.3 is 5.97 Å². The van der Waals surface area contributed by atoms with Gasteiger partial charge in [0.2, 0.25) is 0 Å². The average Bonchev–Trinajstić information content (AvgIpc) is 2.34. The lowest BCUT2D eigenvalue weighted by Crippen LogP contribution is -2.09. The van der Waals surface area contributed by atoms with E-state index in [1.165, 1.54) is 17.1 Å². The Balaban J connectivity index is 2.71. The maximum absolute atomic E-state index is 10.4. The summed E-state index contributed by atoms with van der Waals surface area (Å²) in [6.45, 7) is 1.99. The van der Waals surface area contributed by atoms with Crippen molar-refractivity contribution in [3.05, 3.63) is 18.2 Å². The highest BCUT2D eigenvalue weighted by Gasteiger charge is 2.06. The first-order chi connectivity index (χ1) is 5.59. The number of aromatic nitrogens is 2. The second-order valence-corrected chi connectivity index (χ2v) is 2.61. The first-order valence-corrected chi connectivity index (χ1v) is 3.52. The standard InChI is InChI=1S/C7H10N2O3/c1-5(10)2-9-3-6(7(11)12)8-4-9/h3-5,10H,2H2,1H3,(H,11,12)/t5-/m0/s1. The smallest absolute Gasteiger partial charge is 0.356 e. The van der Waals surface area contributed by atoms with Gasteiger partial charge in [0.25, 0.3) is 0 Å². The summed E-state index contributed by atoms with van der Waals surface area (Å²) in [5, 5.41) is 17.5. The van der Waals surface area contributed by atoms with Gasteiger partial charge < -0.3 is 14.8 Å². The van der Waals surface area contributed by atoms with Gasteiger partial charge in [-0.2, -0.15) is 0 Å². The zero-order valence-corrected chi connectivity index (χ0v) is 6.64. The third-order valence-corrected chi connectivity index (χ3v) is 1.33. The van der Waals surface area contributed by atoms with Crippen molar-refractivity contribution in [3.8, 4) is 0 Å². The first-order valence-electron chi connectivity index (χ1n) is 3.52. The molecule has 0 bridgehead atoms. The number of aliphatic hydroxyl groups excluding tert-OH is 1. The topological polar surface area (TPSA) is 75.3 Å². The Bertz CT molecular complexity index is 280. The van der Waals surface area contributed by atoms with E-state index in [1.54, 1.807) is 6.92 Å². The van der Waals surface area contributed by atoms with Crippen molar-refractivity contribution in [1.82, 2.24) is 9.55 Å². The average molecular weight is 170 g/mol. The normalized spacial score (nSPS) is 12.8. The van der Waals surface area contributed by atoms with E-state index in [-0.39, 0.29) is 5.69 Å². The zero-order valence-electron chi connectivity index (χ0n) is 6.64. The third-order valence-electron chi connectivity index (χ3n) is 1.33. The van der Waals surface area contributed by atoms with E-state index < -0.39 is 12.1 Å². The molecule has 2 N–H and O–H groups in total. The molecule has 0 saturated heterocycles. The fourth-order valence-corrected chi connectivity index (χ4v) is 0.875. The molecule has 0 aromatic carbocycles. The van der Waals surface area contributed by atoms with Crippen LogP contribution in [0.3, 0.4) is 0 Å². The van der Waals surface area contributed by atoms with Crippen molar-refractivity contribution in [2.45, 2.75) is 19.6 Å². The monoisotopic (exact) mass is 170 g/mol. The number of imidazole rings is 1. The molecule has 5 heteroatoms. The molecule has 1 rings (SSSR count). The molecule has 1 heterocycles. The number of nitrogens with zero attached hydrogens (tertiary/aromatic N) is 2. The number of hydrogen-bond donors (Lipinski definition) is 2.